The number of hydrogen-bond donors (Lipinski definition) is 1. The van der Waals surface area contributed by atoms with Crippen LogP contribution in [0.3, 0.4) is 0 Å². The summed E-state index contributed by atoms with van der Waals surface area (Å²) in [4.78, 5) is 14.1. The third-order valence-corrected chi connectivity index (χ3v) is 4.26. The average Bonchev–Trinajstić information content (AvgIpc) is 2.86. The maximum Gasteiger partial charge on any atom is 0.231 e. The molecule has 0 aromatic heterocycles. The van der Waals surface area contributed by atoms with E-state index in [1.165, 1.54) is 0 Å². The van der Waals surface area contributed by atoms with E-state index in [0.29, 0.717) is 13.0 Å². The number of carbonyl (C=O) groups is 1. The van der Waals surface area contributed by atoms with Gasteiger partial charge in [-0.1, -0.05) is 48.5 Å². The molecule has 0 atom stereocenters. The Balaban J connectivity index is 1.82. The lowest BCUT2D eigenvalue weighted by Gasteiger charge is -2.19. The number of fused-ring (bicyclic) bond motifs is 2. The Hall–Kier alpha value is -2.81. The molecular weight excluding hydrogens is 274 g/mol. The summed E-state index contributed by atoms with van der Waals surface area (Å²) >= 11 is 0. The van der Waals surface area contributed by atoms with Crippen molar-refractivity contribution in [2.24, 2.45) is 0 Å². The van der Waals surface area contributed by atoms with Gasteiger partial charge in [-0.2, -0.15) is 0 Å². The Bertz CT molecular complexity index is 885. The standard InChI is InChI=1S/C19H15NO2/c21-18-10-9-13-5-1-3-7-15(13)16(18)12-20-17-8-4-2-6-14(17)11-19(20)22/h1-10,21H,11-12H2. The smallest absolute Gasteiger partial charge is 0.231 e. The van der Waals surface area contributed by atoms with Gasteiger partial charge in [0.1, 0.15) is 5.75 Å². The molecular formula is C19H15NO2. The van der Waals surface area contributed by atoms with Crippen LogP contribution in [0.1, 0.15) is 11.1 Å². The van der Waals surface area contributed by atoms with Gasteiger partial charge in [0.2, 0.25) is 5.91 Å². The van der Waals surface area contributed by atoms with E-state index in [4.69, 9.17) is 0 Å². The van der Waals surface area contributed by atoms with Gasteiger partial charge < -0.3 is 10.0 Å². The largest absolute Gasteiger partial charge is 0.508 e. The average molecular weight is 289 g/mol. The van der Waals surface area contributed by atoms with Crippen LogP contribution in [-0.2, 0) is 17.8 Å². The summed E-state index contributed by atoms with van der Waals surface area (Å²) in [7, 11) is 0. The number of rotatable bonds is 2. The Kier molecular flexibility index (Phi) is 2.86. The molecule has 1 heterocycles. The number of anilines is 1. The van der Waals surface area contributed by atoms with Gasteiger partial charge in [0, 0.05) is 11.3 Å². The van der Waals surface area contributed by atoms with Crippen molar-refractivity contribution in [1.82, 2.24) is 0 Å². The molecule has 1 amide bonds. The van der Waals surface area contributed by atoms with E-state index in [0.717, 1.165) is 27.6 Å². The zero-order valence-electron chi connectivity index (χ0n) is 12.0. The van der Waals surface area contributed by atoms with Crippen molar-refractivity contribution in [2.75, 3.05) is 4.90 Å². The van der Waals surface area contributed by atoms with Crippen LogP contribution in [0.5, 0.6) is 5.75 Å². The monoisotopic (exact) mass is 289 g/mol. The second-order valence-corrected chi connectivity index (χ2v) is 5.57. The number of phenolic OH excluding ortho intramolecular Hbond substituents is 1. The van der Waals surface area contributed by atoms with Crippen molar-refractivity contribution in [3.8, 4) is 5.75 Å². The molecule has 3 aromatic rings. The first kappa shape index (κ1) is 12.9. The molecule has 3 heteroatoms. The highest BCUT2D eigenvalue weighted by atomic mass is 16.3. The molecule has 1 aliphatic rings. The third kappa shape index (κ3) is 1.94. The lowest BCUT2D eigenvalue weighted by Crippen LogP contribution is -2.26. The molecule has 22 heavy (non-hydrogen) atoms. The predicted molar refractivity (Wildman–Crippen MR) is 86.9 cm³/mol. The molecule has 0 saturated carbocycles. The first-order valence-electron chi connectivity index (χ1n) is 7.32. The van der Waals surface area contributed by atoms with Gasteiger partial charge >= 0.3 is 0 Å². The molecule has 0 radical (unpaired) electrons. The predicted octanol–water partition coefficient (Wildman–Crippen LogP) is 3.63. The van der Waals surface area contributed by atoms with Gasteiger partial charge in [0.25, 0.3) is 0 Å². The second-order valence-electron chi connectivity index (χ2n) is 5.57. The Morgan fingerprint density at radius 2 is 1.73 bits per heavy atom. The molecule has 108 valence electrons. The van der Waals surface area contributed by atoms with Crippen molar-refractivity contribution in [3.63, 3.8) is 0 Å². The Morgan fingerprint density at radius 3 is 2.64 bits per heavy atom. The molecule has 0 aliphatic carbocycles. The zero-order chi connectivity index (χ0) is 15.1. The van der Waals surface area contributed by atoms with Gasteiger partial charge in [0.15, 0.2) is 0 Å². The first-order valence-corrected chi connectivity index (χ1v) is 7.32. The third-order valence-electron chi connectivity index (χ3n) is 4.26. The molecule has 1 aliphatic heterocycles. The summed E-state index contributed by atoms with van der Waals surface area (Å²) in [5, 5.41) is 12.3. The molecule has 3 nitrogen and oxygen atoms in total. The van der Waals surface area contributed by atoms with E-state index in [1.807, 2.05) is 54.6 Å². The summed E-state index contributed by atoms with van der Waals surface area (Å²) in [6.45, 7) is 0.392. The highest BCUT2D eigenvalue weighted by Gasteiger charge is 2.27. The zero-order valence-corrected chi connectivity index (χ0v) is 12.0. The Morgan fingerprint density at radius 1 is 0.955 bits per heavy atom. The van der Waals surface area contributed by atoms with E-state index in [1.54, 1.807) is 11.0 Å². The number of aromatic hydroxyl groups is 1. The number of benzene rings is 3. The highest BCUT2D eigenvalue weighted by molar-refractivity contribution is 6.02. The molecule has 4 rings (SSSR count). The molecule has 0 spiro atoms. The summed E-state index contributed by atoms with van der Waals surface area (Å²) in [5.41, 5.74) is 2.79. The summed E-state index contributed by atoms with van der Waals surface area (Å²) in [5.74, 6) is 0.310. The van der Waals surface area contributed by atoms with Crippen molar-refractivity contribution in [1.29, 1.82) is 0 Å². The normalized spacial score (nSPS) is 13.6. The topological polar surface area (TPSA) is 40.5 Å². The summed E-state index contributed by atoms with van der Waals surface area (Å²) < 4.78 is 0. The fourth-order valence-electron chi connectivity index (χ4n) is 3.14. The summed E-state index contributed by atoms with van der Waals surface area (Å²) in [6, 6.07) is 19.3. The van der Waals surface area contributed by atoms with E-state index in [-0.39, 0.29) is 11.7 Å². The number of carbonyl (C=O) groups excluding carboxylic acids is 1. The van der Waals surface area contributed by atoms with Crippen molar-refractivity contribution >= 4 is 22.4 Å². The first-order chi connectivity index (χ1) is 10.7. The minimum Gasteiger partial charge on any atom is -0.508 e. The van der Waals surface area contributed by atoms with Crippen LogP contribution in [0.25, 0.3) is 10.8 Å². The van der Waals surface area contributed by atoms with Crippen LogP contribution in [0.15, 0.2) is 60.7 Å². The number of phenols is 1. The van der Waals surface area contributed by atoms with Crippen LogP contribution in [0.4, 0.5) is 5.69 Å². The number of nitrogens with zero attached hydrogens (tertiary/aromatic N) is 1. The minimum atomic E-state index is 0.0773. The van der Waals surface area contributed by atoms with Crippen LogP contribution in [0, 0.1) is 0 Å². The van der Waals surface area contributed by atoms with Crippen LogP contribution in [0.2, 0.25) is 0 Å². The van der Waals surface area contributed by atoms with Gasteiger partial charge in [-0.05, 0) is 28.5 Å². The Labute approximate surface area is 128 Å². The number of amides is 1. The van der Waals surface area contributed by atoms with Crippen LogP contribution in [-0.4, -0.2) is 11.0 Å². The van der Waals surface area contributed by atoms with Crippen molar-refractivity contribution in [2.45, 2.75) is 13.0 Å². The minimum absolute atomic E-state index is 0.0773. The van der Waals surface area contributed by atoms with E-state index >= 15 is 0 Å². The van der Waals surface area contributed by atoms with Crippen molar-refractivity contribution < 1.29 is 9.90 Å². The van der Waals surface area contributed by atoms with E-state index in [2.05, 4.69) is 0 Å². The highest BCUT2D eigenvalue weighted by Crippen LogP contribution is 2.34. The second kappa shape index (κ2) is 4.88. The van der Waals surface area contributed by atoms with Gasteiger partial charge in [-0.25, -0.2) is 0 Å². The van der Waals surface area contributed by atoms with Gasteiger partial charge in [-0.3, -0.25) is 4.79 Å². The fraction of sp³-hybridized carbons (Fsp3) is 0.105. The number of hydrogen-bond acceptors (Lipinski definition) is 2. The maximum atomic E-state index is 12.3. The molecule has 0 unspecified atom stereocenters. The SMILES string of the molecule is O=C1Cc2ccccc2N1Cc1c(O)ccc2ccccc12. The lowest BCUT2D eigenvalue weighted by atomic mass is 10.0. The van der Waals surface area contributed by atoms with Crippen LogP contribution >= 0.6 is 0 Å². The van der Waals surface area contributed by atoms with Crippen molar-refractivity contribution in [3.05, 3.63) is 71.8 Å². The van der Waals surface area contributed by atoms with E-state index < -0.39 is 0 Å². The van der Waals surface area contributed by atoms with Gasteiger partial charge in [0.05, 0.1) is 13.0 Å². The fourth-order valence-corrected chi connectivity index (χ4v) is 3.14. The number of para-hydroxylation sites is 1. The lowest BCUT2D eigenvalue weighted by molar-refractivity contribution is -0.117. The molecule has 1 N–H and O–H groups in total. The van der Waals surface area contributed by atoms with E-state index in [9.17, 15) is 9.90 Å². The molecule has 0 saturated heterocycles. The quantitative estimate of drug-likeness (QED) is 0.782. The van der Waals surface area contributed by atoms with Gasteiger partial charge in [-0.15, -0.1) is 0 Å². The molecule has 0 bridgehead atoms. The molecule has 0 fully saturated rings. The summed E-state index contributed by atoms with van der Waals surface area (Å²) in [6.07, 6.45) is 0.432. The maximum absolute atomic E-state index is 12.3. The molecule has 3 aromatic carbocycles. The van der Waals surface area contributed by atoms with Crippen LogP contribution < -0.4 is 4.90 Å².